The maximum Gasteiger partial charge on any atom is 0.302 e. The van der Waals surface area contributed by atoms with Crippen molar-refractivity contribution in [1.29, 1.82) is 0 Å². The molecule has 0 bridgehead atoms. The van der Waals surface area contributed by atoms with Crippen LogP contribution < -0.4 is 21.7 Å². The number of nitrogens with one attached hydrogen (secondary N) is 3. The second-order valence-electron chi connectivity index (χ2n) is 7.84. The minimum absolute atomic E-state index is 0.175. The van der Waals surface area contributed by atoms with Gasteiger partial charge in [-0.25, -0.2) is 0 Å². The number of esters is 1. The van der Waals surface area contributed by atoms with Crippen molar-refractivity contribution in [3.05, 3.63) is 65.7 Å². The van der Waals surface area contributed by atoms with Gasteiger partial charge in [0.05, 0.1) is 6.04 Å². The van der Waals surface area contributed by atoms with Crippen molar-refractivity contribution in [3.8, 4) is 0 Å². The first-order valence-electron chi connectivity index (χ1n) is 11.2. The highest BCUT2D eigenvalue weighted by Crippen LogP contribution is 2.13. The molecule has 2 amide bonds. The van der Waals surface area contributed by atoms with Crippen LogP contribution >= 0.6 is 0 Å². The quantitative estimate of drug-likeness (QED) is 0.272. The van der Waals surface area contributed by atoms with E-state index in [0.717, 1.165) is 24.0 Å². The van der Waals surface area contributed by atoms with E-state index in [-0.39, 0.29) is 24.4 Å². The number of carbonyl (C=O) groups is 3. The van der Waals surface area contributed by atoms with Gasteiger partial charge in [-0.15, -0.1) is 0 Å². The molecule has 2 atom stereocenters. The fourth-order valence-electron chi connectivity index (χ4n) is 3.31. The number of likely N-dealkylation sites (N-methyl/N-ethyl adjacent to an activating group) is 1. The van der Waals surface area contributed by atoms with Crippen LogP contribution in [0.1, 0.15) is 37.3 Å². The summed E-state index contributed by atoms with van der Waals surface area (Å²) in [5.74, 6) is -0.871. The monoisotopic (exact) mass is 454 g/mol. The van der Waals surface area contributed by atoms with Crippen LogP contribution in [-0.4, -0.2) is 43.5 Å². The highest BCUT2D eigenvalue weighted by atomic mass is 16.5. The number of anilines is 1. The molecule has 5 N–H and O–H groups in total. The number of amides is 2. The first-order chi connectivity index (χ1) is 15.9. The van der Waals surface area contributed by atoms with E-state index in [1.54, 1.807) is 31.3 Å². The smallest absolute Gasteiger partial charge is 0.302 e. The van der Waals surface area contributed by atoms with Gasteiger partial charge in [0.25, 0.3) is 0 Å². The predicted octanol–water partition coefficient (Wildman–Crippen LogP) is 2.13. The fourth-order valence-corrected chi connectivity index (χ4v) is 3.31. The van der Waals surface area contributed by atoms with Gasteiger partial charge in [-0.1, -0.05) is 42.5 Å². The van der Waals surface area contributed by atoms with Gasteiger partial charge < -0.3 is 26.4 Å². The molecule has 8 nitrogen and oxygen atoms in total. The van der Waals surface area contributed by atoms with Crippen LogP contribution in [0.4, 0.5) is 5.69 Å². The number of unbranched alkanes of at least 4 members (excludes halogenated alkanes) is 1. The lowest BCUT2D eigenvalue weighted by Crippen LogP contribution is -2.51. The second kappa shape index (κ2) is 14.0. The first kappa shape index (κ1) is 26.0. The molecule has 0 radical (unpaired) electrons. The van der Waals surface area contributed by atoms with Crippen molar-refractivity contribution < 1.29 is 19.1 Å². The molecule has 0 saturated heterocycles. The molecular formula is C25H34N4O4. The lowest BCUT2D eigenvalue weighted by atomic mass is 10.0. The summed E-state index contributed by atoms with van der Waals surface area (Å²) >= 11 is 0. The van der Waals surface area contributed by atoms with Crippen molar-refractivity contribution in [2.24, 2.45) is 5.73 Å². The molecule has 1 unspecified atom stereocenters. The average Bonchev–Trinajstić information content (AvgIpc) is 2.82. The molecule has 2 aromatic carbocycles. The summed E-state index contributed by atoms with van der Waals surface area (Å²) in [6.45, 7) is 2.06. The molecule has 178 valence electrons. The number of carbonyl (C=O) groups excluding carboxylic acids is 3. The van der Waals surface area contributed by atoms with Crippen molar-refractivity contribution in [3.63, 3.8) is 0 Å². The maximum atomic E-state index is 13.0. The number of hydrogen-bond acceptors (Lipinski definition) is 6. The predicted molar refractivity (Wildman–Crippen MR) is 128 cm³/mol. The van der Waals surface area contributed by atoms with Crippen molar-refractivity contribution in [2.45, 2.75) is 51.3 Å². The Labute approximate surface area is 195 Å². The Morgan fingerprint density at radius 3 is 2.21 bits per heavy atom. The van der Waals surface area contributed by atoms with Crippen LogP contribution in [-0.2, 0) is 32.1 Å². The standard InChI is InChI=1S/C25H34N4O4/c1-18(30)33-17-20-11-13-21(14-12-20)28-24(31)22(10-6-7-15-26)29-25(32)23(27-2)16-19-8-4-3-5-9-19/h3-5,8-9,11-14,22-23,27H,6-7,10,15-17,26H2,1-2H3,(H,28,31)(H,29,32)/t22-,23?/m0/s1. The summed E-state index contributed by atoms with van der Waals surface area (Å²) in [7, 11) is 1.73. The van der Waals surface area contributed by atoms with E-state index >= 15 is 0 Å². The third-order valence-electron chi connectivity index (χ3n) is 5.19. The largest absolute Gasteiger partial charge is 0.461 e. The molecule has 0 spiro atoms. The highest BCUT2D eigenvalue weighted by Gasteiger charge is 2.25. The number of hydrogen-bond donors (Lipinski definition) is 4. The van der Waals surface area contributed by atoms with E-state index in [9.17, 15) is 14.4 Å². The zero-order valence-corrected chi connectivity index (χ0v) is 19.3. The molecule has 0 aliphatic carbocycles. The van der Waals surface area contributed by atoms with Crippen LogP contribution in [0.3, 0.4) is 0 Å². The van der Waals surface area contributed by atoms with Gasteiger partial charge >= 0.3 is 5.97 Å². The van der Waals surface area contributed by atoms with Crippen molar-refractivity contribution in [2.75, 3.05) is 18.9 Å². The van der Waals surface area contributed by atoms with Crippen LogP contribution in [0.15, 0.2) is 54.6 Å². The van der Waals surface area contributed by atoms with Gasteiger partial charge in [-0.3, -0.25) is 14.4 Å². The Balaban J connectivity index is 2.01. The van der Waals surface area contributed by atoms with E-state index in [0.29, 0.717) is 25.1 Å². The molecule has 0 heterocycles. The topological polar surface area (TPSA) is 123 Å². The molecule has 8 heteroatoms. The molecule has 33 heavy (non-hydrogen) atoms. The van der Waals surface area contributed by atoms with E-state index in [4.69, 9.17) is 10.5 Å². The number of benzene rings is 2. The summed E-state index contributed by atoms with van der Waals surface area (Å²) in [6.07, 6.45) is 2.49. The SMILES string of the molecule is CNC(Cc1ccccc1)C(=O)N[C@@H](CCCCN)C(=O)Nc1ccc(COC(C)=O)cc1. The van der Waals surface area contributed by atoms with Crippen molar-refractivity contribution in [1.82, 2.24) is 10.6 Å². The number of ether oxygens (including phenoxy) is 1. The van der Waals surface area contributed by atoms with E-state index in [1.165, 1.54) is 6.92 Å². The van der Waals surface area contributed by atoms with E-state index in [2.05, 4.69) is 16.0 Å². The first-order valence-corrected chi connectivity index (χ1v) is 11.2. The van der Waals surface area contributed by atoms with E-state index in [1.807, 2.05) is 30.3 Å². The lowest BCUT2D eigenvalue weighted by molar-refractivity contribution is -0.142. The molecule has 2 aromatic rings. The zero-order valence-electron chi connectivity index (χ0n) is 19.3. The minimum atomic E-state index is -0.684. The van der Waals surface area contributed by atoms with Gasteiger partial charge in [0, 0.05) is 12.6 Å². The van der Waals surface area contributed by atoms with Gasteiger partial charge in [-0.05, 0) is 62.5 Å². The fraction of sp³-hybridized carbons (Fsp3) is 0.400. The molecule has 2 rings (SSSR count). The third kappa shape index (κ3) is 9.43. The summed E-state index contributed by atoms with van der Waals surface area (Å²) in [6, 6.07) is 15.6. The second-order valence-corrected chi connectivity index (χ2v) is 7.84. The number of nitrogens with two attached hydrogens (primary N) is 1. The van der Waals surface area contributed by atoms with E-state index < -0.39 is 12.1 Å². The van der Waals surface area contributed by atoms with Crippen LogP contribution in [0.25, 0.3) is 0 Å². The molecule has 0 aromatic heterocycles. The van der Waals surface area contributed by atoms with Crippen molar-refractivity contribution >= 4 is 23.5 Å². The Hall–Kier alpha value is -3.23. The summed E-state index contributed by atoms with van der Waals surface area (Å²) in [5.41, 5.74) is 8.04. The Morgan fingerprint density at radius 1 is 0.909 bits per heavy atom. The minimum Gasteiger partial charge on any atom is -0.461 e. The summed E-state index contributed by atoms with van der Waals surface area (Å²) in [4.78, 5) is 36.8. The zero-order chi connectivity index (χ0) is 24.1. The van der Waals surface area contributed by atoms with Gasteiger partial charge in [0.2, 0.25) is 11.8 Å². The third-order valence-corrected chi connectivity index (χ3v) is 5.19. The van der Waals surface area contributed by atoms with Crippen LogP contribution in [0.5, 0.6) is 0 Å². The van der Waals surface area contributed by atoms with Crippen LogP contribution in [0, 0.1) is 0 Å². The lowest BCUT2D eigenvalue weighted by Gasteiger charge is -2.22. The molecular weight excluding hydrogens is 420 g/mol. The van der Waals surface area contributed by atoms with Gasteiger partial charge in [-0.2, -0.15) is 0 Å². The van der Waals surface area contributed by atoms with Crippen LogP contribution in [0.2, 0.25) is 0 Å². The maximum absolute atomic E-state index is 13.0. The number of rotatable bonds is 13. The Bertz CT molecular complexity index is 887. The average molecular weight is 455 g/mol. The molecule has 0 fully saturated rings. The summed E-state index contributed by atoms with van der Waals surface area (Å²) < 4.78 is 4.97. The van der Waals surface area contributed by atoms with Gasteiger partial charge in [0.15, 0.2) is 0 Å². The highest BCUT2D eigenvalue weighted by molar-refractivity contribution is 5.97. The Kier molecular flexibility index (Phi) is 11.1. The van der Waals surface area contributed by atoms with Gasteiger partial charge in [0.1, 0.15) is 12.6 Å². The normalized spacial score (nSPS) is 12.5. The molecule has 0 aliphatic rings. The Morgan fingerprint density at radius 2 is 1.61 bits per heavy atom. The molecule has 0 aliphatic heterocycles. The summed E-state index contributed by atoms with van der Waals surface area (Å²) in [5, 5.41) is 8.80. The molecule has 0 saturated carbocycles.